The molecular formula is C16H27ClN2S. The van der Waals surface area contributed by atoms with E-state index < -0.39 is 0 Å². The quantitative estimate of drug-likeness (QED) is 0.887. The smallest absolute Gasteiger partial charge is 0.0564 e. The molecule has 2 rings (SSSR count). The van der Waals surface area contributed by atoms with Gasteiger partial charge in [-0.1, -0.05) is 32.4 Å². The number of nitrogens with zero attached hydrogens (tertiary/aromatic N) is 1. The van der Waals surface area contributed by atoms with E-state index >= 15 is 0 Å². The van der Waals surface area contributed by atoms with Crippen molar-refractivity contribution in [3.05, 3.63) is 21.3 Å². The molecule has 0 amide bonds. The molecule has 1 aromatic heterocycles. The van der Waals surface area contributed by atoms with Crippen LogP contribution in [0.4, 0.5) is 0 Å². The second-order valence-corrected chi connectivity index (χ2v) is 8.33. The molecule has 0 aromatic carbocycles. The summed E-state index contributed by atoms with van der Waals surface area (Å²) in [6.45, 7) is 10.1. The van der Waals surface area contributed by atoms with Crippen molar-refractivity contribution in [2.75, 3.05) is 19.6 Å². The Balaban J connectivity index is 2.05. The topological polar surface area (TPSA) is 29.3 Å². The van der Waals surface area contributed by atoms with Crippen LogP contribution in [-0.4, -0.2) is 24.5 Å². The molecule has 0 radical (unpaired) electrons. The van der Waals surface area contributed by atoms with Crippen molar-refractivity contribution in [1.29, 1.82) is 0 Å². The SMILES string of the molecule is CC(C)(C)C1CCCN(C(CN)c2cc(Cl)cs2)CC1. The number of nitrogens with two attached hydrogens (primary N) is 1. The lowest BCUT2D eigenvalue weighted by molar-refractivity contribution is 0.186. The van der Waals surface area contributed by atoms with Crippen LogP contribution in [-0.2, 0) is 0 Å². The lowest BCUT2D eigenvalue weighted by Gasteiger charge is -2.31. The van der Waals surface area contributed by atoms with Crippen molar-refractivity contribution in [1.82, 2.24) is 4.90 Å². The van der Waals surface area contributed by atoms with Gasteiger partial charge in [-0.3, -0.25) is 4.90 Å². The maximum Gasteiger partial charge on any atom is 0.0564 e. The Hall–Kier alpha value is -0.0900. The normalized spacial score (nSPS) is 23.6. The van der Waals surface area contributed by atoms with Gasteiger partial charge in [0.25, 0.3) is 0 Å². The summed E-state index contributed by atoms with van der Waals surface area (Å²) < 4.78 is 0. The monoisotopic (exact) mass is 314 g/mol. The Kier molecular flexibility index (Phi) is 5.52. The molecular weight excluding hydrogens is 288 g/mol. The van der Waals surface area contributed by atoms with Crippen molar-refractivity contribution in [3.8, 4) is 0 Å². The van der Waals surface area contributed by atoms with Crippen molar-refractivity contribution in [2.24, 2.45) is 17.1 Å². The van der Waals surface area contributed by atoms with Gasteiger partial charge in [-0.25, -0.2) is 0 Å². The highest BCUT2D eigenvalue weighted by atomic mass is 35.5. The van der Waals surface area contributed by atoms with Crippen LogP contribution >= 0.6 is 22.9 Å². The number of likely N-dealkylation sites (tertiary alicyclic amines) is 1. The van der Waals surface area contributed by atoms with Gasteiger partial charge in [-0.2, -0.15) is 0 Å². The van der Waals surface area contributed by atoms with Crippen molar-refractivity contribution < 1.29 is 0 Å². The summed E-state index contributed by atoms with van der Waals surface area (Å²) in [5.41, 5.74) is 6.46. The van der Waals surface area contributed by atoms with Gasteiger partial charge in [0.15, 0.2) is 0 Å². The average molecular weight is 315 g/mol. The van der Waals surface area contributed by atoms with Crippen LogP contribution in [0.5, 0.6) is 0 Å². The van der Waals surface area contributed by atoms with E-state index in [9.17, 15) is 0 Å². The van der Waals surface area contributed by atoms with Gasteiger partial charge in [0.2, 0.25) is 0 Å². The first kappa shape index (κ1) is 16.3. The first-order chi connectivity index (χ1) is 9.41. The fraction of sp³-hybridized carbons (Fsp3) is 0.750. The summed E-state index contributed by atoms with van der Waals surface area (Å²) in [7, 11) is 0. The molecule has 2 atom stereocenters. The number of halogens is 1. The fourth-order valence-corrected chi connectivity index (χ4v) is 4.47. The Labute approximate surface area is 132 Å². The summed E-state index contributed by atoms with van der Waals surface area (Å²) in [5.74, 6) is 0.817. The zero-order chi connectivity index (χ0) is 14.8. The molecule has 2 N–H and O–H groups in total. The molecule has 2 unspecified atom stereocenters. The van der Waals surface area contributed by atoms with Gasteiger partial charge in [0.1, 0.15) is 0 Å². The van der Waals surface area contributed by atoms with Gasteiger partial charge in [-0.15, -0.1) is 11.3 Å². The molecule has 4 heteroatoms. The van der Waals surface area contributed by atoms with Crippen LogP contribution in [0, 0.1) is 11.3 Å². The molecule has 2 nitrogen and oxygen atoms in total. The minimum atomic E-state index is 0.339. The van der Waals surface area contributed by atoms with E-state index in [1.54, 1.807) is 11.3 Å². The van der Waals surface area contributed by atoms with E-state index in [0.717, 1.165) is 24.0 Å². The van der Waals surface area contributed by atoms with Gasteiger partial charge in [0, 0.05) is 16.8 Å². The maximum atomic E-state index is 6.07. The molecule has 1 fully saturated rings. The highest BCUT2D eigenvalue weighted by Crippen LogP contribution is 2.37. The highest BCUT2D eigenvalue weighted by Gasteiger charge is 2.29. The Bertz CT molecular complexity index is 424. The summed E-state index contributed by atoms with van der Waals surface area (Å²) >= 11 is 7.80. The Morgan fingerprint density at radius 3 is 2.70 bits per heavy atom. The fourth-order valence-electron chi connectivity index (χ4n) is 3.24. The first-order valence-electron chi connectivity index (χ1n) is 7.60. The molecule has 0 aliphatic carbocycles. The maximum absolute atomic E-state index is 6.07. The van der Waals surface area contributed by atoms with E-state index in [0.29, 0.717) is 18.0 Å². The van der Waals surface area contributed by atoms with Crippen LogP contribution in [0.25, 0.3) is 0 Å². The molecule has 20 heavy (non-hydrogen) atoms. The molecule has 0 bridgehead atoms. The number of hydrogen-bond acceptors (Lipinski definition) is 3. The highest BCUT2D eigenvalue weighted by molar-refractivity contribution is 7.10. The van der Waals surface area contributed by atoms with E-state index in [1.807, 2.05) is 5.38 Å². The predicted octanol–water partition coefficient (Wildman–Crippen LogP) is 4.55. The third kappa shape index (κ3) is 3.97. The lowest BCUT2D eigenvalue weighted by atomic mass is 9.77. The number of thiophene rings is 1. The Morgan fingerprint density at radius 1 is 1.40 bits per heavy atom. The van der Waals surface area contributed by atoms with Crippen molar-refractivity contribution in [3.63, 3.8) is 0 Å². The first-order valence-corrected chi connectivity index (χ1v) is 8.85. The zero-order valence-corrected chi connectivity index (χ0v) is 14.4. The second kappa shape index (κ2) is 6.78. The van der Waals surface area contributed by atoms with Gasteiger partial charge in [-0.05, 0) is 49.8 Å². The molecule has 1 aromatic rings. The van der Waals surface area contributed by atoms with Crippen LogP contribution in [0.3, 0.4) is 0 Å². The van der Waals surface area contributed by atoms with Gasteiger partial charge < -0.3 is 5.73 Å². The summed E-state index contributed by atoms with van der Waals surface area (Å²) in [4.78, 5) is 3.88. The summed E-state index contributed by atoms with van der Waals surface area (Å²) in [6.07, 6.45) is 3.89. The third-order valence-corrected chi connectivity index (χ3v) is 5.95. The van der Waals surface area contributed by atoms with E-state index in [1.165, 1.54) is 24.1 Å². The van der Waals surface area contributed by atoms with Crippen LogP contribution in [0.15, 0.2) is 11.4 Å². The molecule has 114 valence electrons. The van der Waals surface area contributed by atoms with Gasteiger partial charge in [0.05, 0.1) is 11.1 Å². The zero-order valence-electron chi connectivity index (χ0n) is 12.9. The van der Waals surface area contributed by atoms with Crippen molar-refractivity contribution >= 4 is 22.9 Å². The minimum absolute atomic E-state index is 0.339. The van der Waals surface area contributed by atoms with E-state index in [-0.39, 0.29) is 0 Å². The van der Waals surface area contributed by atoms with Gasteiger partial charge >= 0.3 is 0 Å². The molecule has 0 spiro atoms. The summed E-state index contributed by atoms with van der Waals surface area (Å²) in [5, 5.41) is 2.85. The average Bonchev–Trinajstić information content (AvgIpc) is 2.64. The van der Waals surface area contributed by atoms with E-state index in [2.05, 4.69) is 31.7 Å². The van der Waals surface area contributed by atoms with Crippen LogP contribution < -0.4 is 5.73 Å². The second-order valence-electron chi connectivity index (χ2n) is 6.95. The molecule has 1 aliphatic heterocycles. The standard InChI is InChI=1S/C16H27ClN2S/c1-16(2,3)12-5-4-7-19(8-6-12)14(10-18)15-9-13(17)11-20-15/h9,11-12,14H,4-8,10,18H2,1-3H3. The molecule has 1 saturated heterocycles. The lowest BCUT2D eigenvalue weighted by Crippen LogP contribution is -2.34. The van der Waals surface area contributed by atoms with E-state index in [4.69, 9.17) is 17.3 Å². The molecule has 1 aliphatic rings. The number of rotatable bonds is 3. The van der Waals surface area contributed by atoms with Crippen LogP contribution in [0.2, 0.25) is 5.02 Å². The largest absolute Gasteiger partial charge is 0.329 e. The molecule has 2 heterocycles. The number of hydrogen-bond donors (Lipinski definition) is 1. The summed E-state index contributed by atoms with van der Waals surface area (Å²) in [6, 6.07) is 2.42. The predicted molar refractivity (Wildman–Crippen MR) is 89.5 cm³/mol. The van der Waals surface area contributed by atoms with Crippen LogP contribution in [0.1, 0.15) is 51.0 Å². The Morgan fingerprint density at radius 2 is 2.15 bits per heavy atom. The molecule has 0 saturated carbocycles. The van der Waals surface area contributed by atoms with Crippen molar-refractivity contribution in [2.45, 2.75) is 46.1 Å². The minimum Gasteiger partial charge on any atom is -0.329 e. The third-order valence-electron chi connectivity index (χ3n) is 4.57.